The number of benzene rings is 9. The summed E-state index contributed by atoms with van der Waals surface area (Å²) in [5, 5.41) is 15.3. The zero-order valence-electron chi connectivity index (χ0n) is 27.1. The van der Waals surface area contributed by atoms with Crippen LogP contribution in [-0.2, 0) is 0 Å². The monoisotopic (exact) mass is 623 g/mol. The Morgan fingerprint density at radius 3 is 1.59 bits per heavy atom. The minimum absolute atomic E-state index is 1.09. The van der Waals surface area contributed by atoms with E-state index in [1.165, 1.54) is 81.1 Å². The number of para-hydroxylation sites is 1. The molecule has 49 heavy (non-hydrogen) atoms. The van der Waals surface area contributed by atoms with Crippen molar-refractivity contribution in [2.24, 2.45) is 0 Å². The van der Waals surface area contributed by atoms with E-state index in [9.17, 15) is 0 Å². The molecule has 0 N–H and O–H groups in total. The average molecular weight is 624 g/mol. The van der Waals surface area contributed by atoms with Crippen LogP contribution in [0.5, 0.6) is 0 Å². The smallest absolute Gasteiger partial charge is 0.0618 e. The second-order valence-corrected chi connectivity index (χ2v) is 13.2. The van der Waals surface area contributed by atoms with E-state index in [0.717, 1.165) is 24.2 Å². The van der Waals surface area contributed by atoms with E-state index in [-0.39, 0.29) is 0 Å². The summed E-state index contributed by atoms with van der Waals surface area (Å²) >= 11 is 0. The van der Waals surface area contributed by atoms with Crippen LogP contribution in [0.25, 0.3) is 77.1 Å². The number of nitrogens with zero attached hydrogens (tertiary/aromatic N) is 1. The van der Waals surface area contributed by atoms with Crippen LogP contribution in [0.3, 0.4) is 0 Å². The fraction of sp³-hybridized carbons (Fsp3) is 0.0417. The highest BCUT2D eigenvalue weighted by Crippen LogP contribution is 2.49. The molecule has 9 aromatic rings. The van der Waals surface area contributed by atoms with Gasteiger partial charge < -0.3 is 4.90 Å². The molecule has 0 radical (unpaired) electrons. The summed E-state index contributed by atoms with van der Waals surface area (Å²) in [6.45, 7) is 0. The normalized spacial score (nSPS) is 12.7. The quantitative estimate of drug-likeness (QED) is 0.139. The molecule has 0 amide bonds. The Kier molecular flexibility index (Phi) is 6.38. The van der Waals surface area contributed by atoms with Gasteiger partial charge in [-0.1, -0.05) is 133 Å². The summed E-state index contributed by atoms with van der Waals surface area (Å²) in [5.74, 6) is 0. The Morgan fingerprint density at radius 1 is 0.347 bits per heavy atom. The van der Waals surface area contributed by atoms with Crippen molar-refractivity contribution in [2.45, 2.75) is 12.8 Å². The Balaban J connectivity index is 1.36. The molecule has 230 valence electrons. The van der Waals surface area contributed by atoms with E-state index >= 15 is 0 Å². The first-order valence-electron chi connectivity index (χ1n) is 17.3. The third-order valence-electron chi connectivity index (χ3n) is 10.4. The Morgan fingerprint density at radius 2 is 0.898 bits per heavy atom. The van der Waals surface area contributed by atoms with Gasteiger partial charge >= 0.3 is 0 Å². The van der Waals surface area contributed by atoms with Gasteiger partial charge in [0.05, 0.1) is 5.69 Å². The lowest BCUT2D eigenvalue weighted by Crippen LogP contribution is -2.26. The SMILES string of the molecule is C1=c2cc3c(-c4c5ccccc5c(N(c5ccccc5)c5ccc6ccccc6c5)c5ccccc45)cc4ccccc4c3cc2=CCC1. The maximum Gasteiger partial charge on any atom is 0.0618 e. The van der Waals surface area contributed by atoms with Crippen molar-refractivity contribution in [3.05, 3.63) is 174 Å². The van der Waals surface area contributed by atoms with Gasteiger partial charge in [-0.3, -0.25) is 0 Å². The van der Waals surface area contributed by atoms with Crippen LogP contribution < -0.4 is 15.3 Å². The van der Waals surface area contributed by atoms with Crippen molar-refractivity contribution >= 4 is 83.1 Å². The van der Waals surface area contributed by atoms with Gasteiger partial charge in [-0.2, -0.15) is 0 Å². The highest BCUT2D eigenvalue weighted by molar-refractivity contribution is 6.26. The van der Waals surface area contributed by atoms with Crippen LogP contribution in [0.15, 0.2) is 164 Å². The summed E-state index contributed by atoms with van der Waals surface area (Å²) in [5.41, 5.74) is 6.04. The molecule has 0 bridgehead atoms. The van der Waals surface area contributed by atoms with Gasteiger partial charge in [-0.05, 0) is 120 Å². The fourth-order valence-electron chi connectivity index (χ4n) is 8.15. The van der Waals surface area contributed by atoms with E-state index in [4.69, 9.17) is 0 Å². The molecule has 0 aromatic heterocycles. The first-order valence-corrected chi connectivity index (χ1v) is 17.3. The minimum Gasteiger partial charge on any atom is -0.309 e. The van der Waals surface area contributed by atoms with Crippen molar-refractivity contribution in [2.75, 3.05) is 4.90 Å². The molecule has 0 atom stereocenters. The van der Waals surface area contributed by atoms with Gasteiger partial charge in [0.25, 0.3) is 0 Å². The molecule has 0 saturated heterocycles. The molecule has 1 aliphatic carbocycles. The lowest BCUT2D eigenvalue weighted by molar-refractivity contribution is 1.12. The average Bonchev–Trinajstić information content (AvgIpc) is 3.17. The third kappa shape index (κ3) is 4.47. The second kappa shape index (κ2) is 11.2. The van der Waals surface area contributed by atoms with E-state index in [1.54, 1.807) is 0 Å². The van der Waals surface area contributed by atoms with E-state index in [2.05, 4.69) is 181 Å². The molecule has 9 aromatic carbocycles. The lowest BCUT2D eigenvalue weighted by Gasteiger charge is -2.30. The number of hydrogen-bond acceptors (Lipinski definition) is 1. The van der Waals surface area contributed by atoms with Crippen molar-refractivity contribution in [3.63, 3.8) is 0 Å². The largest absolute Gasteiger partial charge is 0.309 e. The lowest BCUT2D eigenvalue weighted by atomic mass is 9.85. The molecule has 0 aliphatic heterocycles. The summed E-state index contributed by atoms with van der Waals surface area (Å²) in [4.78, 5) is 2.46. The van der Waals surface area contributed by atoms with Gasteiger partial charge in [-0.15, -0.1) is 0 Å². The summed E-state index contributed by atoms with van der Waals surface area (Å²) in [7, 11) is 0. The van der Waals surface area contributed by atoms with Crippen LogP contribution in [0.2, 0.25) is 0 Å². The Labute approximate surface area is 285 Å². The molecule has 1 heteroatoms. The summed E-state index contributed by atoms with van der Waals surface area (Å²) in [6, 6.07) is 60.5. The molecule has 0 spiro atoms. The van der Waals surface area contributed by atoms with Crippen LogP contribution in [0.1, 0.15) is 12.8 Å². The molecular weight excluding hydrogens is 591 g/mol. The Bertz CT molecular complexity index is 2830. The minimum atomic E-state index is 1.09. The molecule has 0 unspecified atom stereocenters. The van der Waals surface area contributed by atoms with Crippen molar-refractivity contribution in [1.82, 2.24) is 0 Å². The number of fused-ring (bicyclic) bond motifs is 7. The predicted octanol–water partition coefficient (Wildman–Crippen LogP) is 11.9. The maximum absolute atomic E-state index is 2.46. The molecule has 1 nitrogen and oxygen atoms in total. The first kappa shape index (κ1) is 27.9. The number of anilines is 3. The van der Waals surface area contributed by atoms with Crippen molar-refractivity contribution in [1.29, 1.82) is 0 Å². The van der Waals surface area contributed by atoms with Crippen molar-refractivity contribution < 1.29 is 0 Å². The third-order valence-corrected chi connectivity index (χ3v) is 10.4. The second-order valence-electron chi connectivity index (χ2n) is 13.2. The van der Waals surface area contributed by atoms with Gasteiger partial charge in [-0.25, -0.2) is 0 Å². The van der Waals surface area contributed by atoms with Gasteiger partial charge in [0.2, 0.25) is 0 Å². The summed E-state index contributed by atoms with van der Waals surface area (Å²) in [6.07, 6.45) is 7.00. The molecular formula is C48H33N. The molecule has 0 saturated carbocycles. The molecule has 1 aliphatic rings. The van der Waals surface area contributed by atoms with E-state index in [1.807, 2.05) is 0 Å². The van der Waals surface area contributed by atoms with E-state index in [0.29, 0.717) is 0 Å². The summed E-state index contributed by atoms with van der Waals surface area (Å²) < 4.78 is 0. The van der Waals surface area contributed by atoms with Gasteiger partial charge in [0, 0.05) is 22.1 Å². The molecule has 10 rings (SSSR count). The first-order chi connectivity index (χ1) is 24.3. The molecule has 0 fully saturated rings. The maximum atomic E-state index is 2.46. The fourth-order valence-corrected chi connectivity index (χ4v) is 8.15. The van der Waals surface area contributed by atoms with Gasteiger partial charge in [0.15, 0.2) is 0 Å². The zero-order chi connectivity index (χ0) is 32.3. The highest BCUT2D eigenvalue weighted by Gasteiger charge is 2.23. The highest BCUT2D eigenvalue weighted by atomic mass is 15.1. The van der Waals surface area contributed by atoms with Crippen LogP contribution in [0, 0.1) is 0 Å². The van der Waals surface area contributed by atoms with Crippen LogP contribution >= 0.6 is 0 Å². The Hall–Kier alpha value is -6.18. The van der Waals surface area contributed by atoms with Crippen LogP contribution in [0.4, 0.5) is 17.1 Å². The standard InChI is InChI=1S/C48H33N/c1-2-19-37(20-3-1)49(38-27-26-32-14-4-5-15-33(32)28-38)48-42-24-12-10-22-40(42)47(41-23-11-13-25-43(41)48)46-31-36-18-8-9-21-39(36)44-29-34-16-6-7-17-35(34)30-45(44)46/h1-5,8-31H,6-7H2. The topological polar surface area (TPSA) is 3.24 Å². The van der Waals surface area contributed by atoms with Crippen molar-refractivity contribution in [3.8, 4) is 11.1 Å². The number of rotatable bonds is 4. The van der Waals surface area contributed by atoms with Gasteiger partial charge in [0.1, 0.15) is 0 Å². The number of hydrogen-bond donors (Lipinski definition) is 0. The predicted molar refractivity (Wildman–Crippen MR) is 212 cm³/mol. The van der Waals surface area contributed by atoms with E-state index < -0.39 is 0 Å². The van der Waals surface area contributed by atoms with Crippen LogP contribution in [-0.4, -0.2) is 0 Å². The molecule has 0 heterocycles. The zero-order valence-corrected chi connectivity index (χ0v) is 27.1.